The normalized spacial score (nSPS) is 26.8. The Balaban J connectivity index is 1.88. The Labute approximate surface area is 70.3 Å². The number of carbonyl (C=O) groups is 1. The van der Waals surface area contributed by atoms with Crippen molar-refractivity contribution in [2.75, 3.05) is 26.2 Å². The summed E-state index contributed by atoms with van der Waals surface area (Å²) in [6, 6.07) is 0. The van der Waals surface area contributed by atoms with Gasteiger partial charge in [-0.05, 0) is 6.42 Å². The number of carboxylic acid groups (broad SMARTS) is 1. The van der Waals surface area contributed by atoms with Gasteiger partial charge in [0.25, 0.3) is 0 Å². The molecule has 0 radical (unpaired) electrons. The maximum atomic E-state index is 10.5. The molecule has 0 unspecified atom stereocenters. The van der Waals surface area contributed by atoms with E-state index in [-0.39, 0.29) is 5.72 Å². The van der Waals surface area contributed by atoms with E-state index in [1.807, 2.05) is 0 Å². The van der Waals surface area contributed by atoms with Crippen LogP contribution >= 0.6 is 0 Å². The van der Waals surface area contributed by atoms with Gasteiger partial charge in [0.05, 0.1) is 19.7 Å². The number of rotatable bonds is 0. The topological polar surface area (TPSA) is 61.8 Å². The number of nitrogens with one attached hydrogen (secondary N) is 1. The van der Waals surface area contributed by atoms with Crippen molar-refractivity contribution in [2.45, 2.75) is 12.1 Å². The maximum Gasteiger partial charge on any atom is 0.407 e. The van der Waals surface area contributed by atoms with Crippen LogP contribution in [0.4, 0.5) is 4.79 Å². The van der Waals surface area contributed by atoms with E-state index in [0.717, 1.165) is 19.6 Å². The summed E-state index contributed by atoms with van der Waals surface area (Å²) in [5.74, 6) is 0. The van der Waals surface area contributed by atoms with Crippen molar-refractivity contribution in [1.82, 2.24) is 10.2 Å². The van der Waals surface area contributed by atoms with E-state index in [0.29, 0.717) is 13.1 Å². The summed E-state index contributed by atoms with van der Waals surface area (Å²) >= 11 is 0. The minimum Gasteiger partial charge on any atom is -0.465 e. The summed E-state index contributed by atoms with van der Waals surface area (Å²) in [6.07, 6.45) is 0.144. The third-order valence-corrected chi connectivity index (χ3v) is 2.31. The fourth-order valence-corrected chi connectivity index (χ4v) is 1.62. The van der Waals surface area contributed by atoms with Crippen LogP contribution < -0.4 is 5.32 Å². The Hall–Kier alpha value is -0.810. The van der Waals surface area contributed by atoms with Crippen LogP contribution in [0.15, 0.2) is 0 Å². The molecule has 12 heavy (non-hydrogen) atoms. The molecule has 5 nitrogen and oxygen atoms in total. The highest BCUT2D eigenvalue weighted by Gasteiger charge is 2.47. The maximum absolute atomic E-state index is 10.5. The molecule has 0 atom stereocenters. The van der Waals surface area contributed by atoms with E-state index in [2.05, 4.69) is 5.32 Å². The molecular weight excluding hydrogens is 160 g/mol. The van der Waals surface area contributed by atoms with Crippen LogP contribution in [0, 0.1) is 0 Å². The summed E-state index contributed by atoms with van der Waals surface area (Å²) in [5.41, 5.74) is -0.351. The summed E-state index contributed by atoms with van der Waals surface area (Å²) in [4.78, 5) is 11.8. The van der Waals surface area contributed by atoms with Gasteiger partial charge in [-0.25, -0.2) is 4.79 Å². The molecule has 1 amide bonds. The van der Waals surface area contributed by atoms with Crippen LogP contribution in [0.25, 0.3) is 0 Å². The molecule has 2 aliphatic rings. The first-order valence-corrected chi connectivity index (χ1v) is 4.09. The van der Waals surface area contributed by atoms with Crippen LogP contribution in [0.1, 0.15) is 6.42 Å². The Kier molecular flexibility index (Phi) is 1.69. The highest BCUT2D eigenvalue weighted by molar-refractivity contribution is 5.66. The lowest BCUT2D eigenvalue weighted by molar-refractivity contribution is -0.169. The lowest BCUT2D eigenvalue weighted by Crippen LogP contribution is -2.73. The molecule has 2 heterocycles. The monoisotopic (exact) mass is 172 g/mol. The Morgan fingerprint density at radius 2 is 2.33 bits per heavy atom. The van der Waals surface area contributed by atoms with Crippen molar-refractivity contribution in [2.24, 2.45) is 0 Å². The second-order valence-corrected chi connectivity index (χ2v) is 3.26. The highest BCUT2D eigenvalue weighted by Crippen LogP contribution is 2.24. The molecule has 1 spiro atoms. The van der Waals surface area contributed by atoms with Crippen LogP contribution in [-0.4, -0.2) is 48.1 Å². The zero-order chi connectivity index (χ0) is 8.60. The third kappa shape index (κ3) is 1.15. The highest BCUT2D eigenvalue weighted by atomic mass is 16.5. The summed E-state index contributed by atoms with van der Waals surface area (Å²) in [7, 11) is 0. The SMILES string of the molecule is O=C(O)N1CC2(C1)NCCCO2. The van der Waals surface area contributed by atoms with E-state index in [1.165, 1.54) is 4.90 Å². The predicted molar refractivity (Wildman–Crippen MR) is 40.9 cm³/mol. The Bertz CT molecular complexity index is 193. The van der Waals surface area contributed by atoms with Gasteiger partial charge in [0.15, 0.2) is 5.72 Å². The van der Waals surface area contributed by atoms with Crippen molar-refractivity contribution in [3.63, 3.8) is 0 Å². The molecule has 0 aromatic carbocycles. The molecular formula is C7H12N2O3. The van der Waals surface area contributed by atoms with Crippen LogP contribution in [0.5, 0.6) is 0 Å². The second kappa shape index (κ2) is 2.60. The first kappa shape index (κ1) is 7.82. The molecule has 0 aromatic rings. The predicted octanol–water partition coefficient (Wildman–Crippen LogP) is -0.314. The van der Waals surface area contributed by atoms with Gasteiger partial charge < -0.3 is 9.84 Å². The first-order chi connectivity index (χ1) is 5.72. The lowest BCUT2D eigenvalue weighted by Gasteiger charge is -2.50. The van der Waals surface area contributed by atoms with E-state index < -0.39 is 6.09 Å². The van der Waals surface area contributed by atoms with Gasteiger partial charge in [-0.2, -0.15) is 0 Å². The van der Waals surface area contributed by atoms with Crippen molar-refractivity contribution in [1.29, 1.82) is 0 Å². The van der Waals surface area contributed by atoms with Gasteiger partial charge >= 0.3 is 6.09 Å². The number of hydrogen-bond donors (Lipinski definition) is 2. The third-order valence-electron chi connectivity index (χ3n) is 2.31. The molecule has 0 bridgehead atoms. The average Bonchev–Trinajstić information content (AvgIpc) is 2.01. The van der Waals surface area contributed by atoms with Crippen molar-refractivity contribution < 1.29 is 14.6 Å². The average molecular weight is 172 g/mol. The van der Waals surface area contributed by atoms with Gasteiger partial charge in [0.2, 0.25) is 0 Å². The number of likely N-dealkylation sites (tertiary alicyclic amines) is 1. The van der Waals surface area contributed by atoms with Crippen molar-refractivity contribution in [3.05, 3.63) is 0 Å². The van der Waals surface area contributed by atoms with Crippen molar-refractivity contribution >= 4 is 6.09 Å². The largest absolute Gasteiger partial charge is 0.465 e. The minimum atomic E-state index is -0.864. The zero-order valence-corrected chi connectivity index (χ0v) is 6.75. The Morgan fingerprint density at radius 1 is 1.58 bits per heavy atom. The molecule has 5 heteroatoms. The smallest absolute Gasteiger partial charge is 0.407 e. The summed E-state index contributed by atoms with van der Waals surface area (Å²) in [5, 5.41) is 11.8. The van der Waals surface area contributed by atoms with E-state index >= 15 is 0 Å². The summed E-state index contributed by atoms with van der Waals surface area (Å²) < 4.78 is 5.47. The van der Waals surface area contributed by atoms with Crippen LogP contribution in [0.3, 0.4) is 0 Å². The number of nitrogens with zero attached hydrogens (tertiary/aromatic N) is 1. The Morgan fingerprint density at radius 3 is 2.83 bits per heavy atom. The molecule has 2 saturated heterocycles. The number of ether oxygens (including phenoxy) is 1. The van der Waals surface area contributed by atoms with Gasteiger partial charge in [-0.15, -0.1) is 0 Å². The zero-order valence-electron chi connectivity index (χ0n) is 6.75. The van der Waals surface area contributed by atoms with Gasteiger partial charge in [0.1, 0.15) is 0 Å². The van der Waals surface area contributed by atoms with E-state index in [1.54, 1.807) is 0 Å². The molecule has 68 valence electrons. The minimum absolute atomic E-state index is 0.351. The second-order valence-electron chi connectivity index (χ2n) is 3.26. The van der Waals surface area contributed by atoms with E-state index in [4.69, 9.17) is 9.84 Å². The van der Waals surface area contributed by atoms with Gasteiger partial charge in [0, 0.05) is 6.54 Å². The lowest BCUT2D eigenvalue weighted by atomic mass is 10.0. The van der Waals surface area contributed by atoms with Crippen molar-refractivity contribution in [3.8, 4) is 0 Å². The molecule has 2 N–H and O–H groups in total. The standard InChI is InChI=1S/C7H12N2O3/c10-6(11)9-4-7(5-9)8-2-1-3-12-7/h8H,1-5H2,(H,10,11). The van der Waals surface area contributed by atoms with E-state index in [9.17, 15) is 4.79 Å². The molecule has 0 aromatic heterocycles. The molecule has 2 aliphatic heterocycles. The summed E-state index contributed by atoms with van der Waals surface area (Å²) in [6.45, 7) is 2.58. The van der Waals surface area contributed by atoms with Crippen LogP contribution in [0.2, 0.25) is 0 Å². The fraction of sp³-hybridized carbons (Fsp3) is 0.857. The number of hydrogen-bond acceptors (Lipinski definition) is 3. The molecule has 2 rings (SSSR count). The molecule has 0 saturated carbocycles. The van der Waals surface area contributed by atoms with Crippen LogP contribution in [-0.2, 0) is 4.74 Å². The molecule has 0 aliphatic carbocycles. The quantitative estimate of drug-likeness (QED) is 0.526. The first-order valence-electron chi connectivity index (χ1n) is 4.09. The van der Waals surface area contributed by atoms with Gasteiger partial charge in [-0.1, -0.05) is 0 Å². The number of amides is 1. The van der Waals surface area contributed by atoms with Gasteiger partial charge in [-0.3, -0.25) is 10.2 Å². The fourth-order valence-electron chi connectivity index (χ4n) is 1.62. The molecule has 2 fully saturated rings.